The third-order valence-corrected chi connectivity index (χ3v) is 1.41. The Morgan fingerprint density at radius 3 is 2.58 bits per heavy atom. The predicted octanol–water partition coefficient (Wildman–Crippen LogP) is 0.0967. The second-order valence-corrected chi connectivity index (χ2v) is 3.30. The molecule has 0 heterocycles. The molecule has 12 heavy (non-hydrogen) atoms. The van der Waals surface area contributed by atoms with E-state index in [0.29, 0.717) is 6.42 Å². The van der Waals surface area contributed by atoms with Crippen molar-refractivity contribution in [1.29, 1.82) is 0 Å². The normalized spacial score (nSPS) is 13.1. The van der Waals surface area contributed by atoms with Gasteiger partial charge in [0.15, 0.2) is 0 Å². The third-order valence-electron chi connectivity index (χ3n) is 1.41. The number of nitrogens with one attached hydrogen (secondary N) is 1. The van der Waals surface area contributed by atoms with E-state index in [0.717, 1.165) is 12.8 Å². The number of amides is 1. The largest absolute Gasteiger partial charge is 0.328 e. The maximum absolute atomic E-state index is 11.0. The lowest BCUT2D eigenvalue weighted by Gasteiger charge is -2.11. The zero-order valence-corrected chi connectivity index (χ0v) is 8.13. The number of hydrogen-bond acceptors (Lipinski definition) is 3. The Kier molecular flexibility index (Phi) is 5.66. The molecule has 72 valence electrons. The minimum absolute atomic E-state index is 0.0562. The van der Waals surface area contributed by atoms with Crippen LogP contribution in [-0.4, -0.2) is 31.1 Å². The van der Waals surface area contributed by atoms with Crippen molar-refractivity contribution < 1.29 is 4.79 Å². The molecule has 4 nitrogen and oxygen atoms in total. The fourth-order valence-corrected chi connectivity index (χ4v) is 0.890. The summed E-state index contributed by atoms with van der Waals surface area (Å²) in [5, 5.41) is 1.65. The van der Waals surface area contributed by atoms with Crippen LogP contribution >= 0.6 is 0 Å². The van der Waals surface area contributed by atoms with Crippen molar-refractivity contribution in [3.63, 3.8) is 0 Å². The molecule has 0 rings (SSSR count). The molecule has 1 unspecified atom stereocenters. The van der Waals surface area contributed by atoms with Gasteiger partial charge in [-0.05, 0) is 19.8 Å². The summed E-state index contributed by atoms with van der Waals surface area (Å²) in [4.78, 5) is 11.0. The standard InChI is InChI=1S/C8H19N3O/c1-7(9)5-4-6-8(12)10-11(2)3/h7H,4-6,9H2,1-3H3,(H,10,12). The van der Waals surface area contributed by atoms with Crippen molar-refractivity contribution in [1.82, 2.24) is 10.4 Å². The lowest BCUT2D eigenvalue weighted by Crippen LogP contribution is -2.36. The zero-order valence-electron chi connectivity index (χ0n) is 8.13. The van der Waals surface area contributed by atoms with Crippen LogP contribution in [0.25, 0.3) is 0 Å². The number of carbonyl (C=O) groups excluding carboxylic acids is 1. The molecule has 0 radical (unpaired) electrons. The van der Waals surface area contributed by atoms with E-state index in [1.54, 1.807) is 19.1 Å². The Labute approximate surface area is 74.1 Å². The number of nitrogens with two attached hydrogens (primary N) is 1. The molecule has 0 spiro atoms. The summed E-state index contributed by atoms with van der Waals surface area (Å²) in [6, 6.07) is 0.192. The van der Waals surface area contributed by atoms with E-state index in [1.807, 2.05) is 6.92 Å². The van der Waals surface area contributed by atoms with E-state index in [1.165, 1.54) is 0 Å². The Hall–Kier alpha value is -0.610. The molecule has 0 aromatic heterocycles. The Morgan fingerprint density at radius 2 is 2.17 bits per heavy atom. The topological polar surface area (TPSA) is 58.4 Å². The molecule has 0 saturated heterocycles. The summed E-state index contributed by atoms with van der Waals surface area (Å²) in [7, 11) is 3.59. The van der Waals surface area contributed by atoms with E-state index >= 15 is 0 Å². The second-order valence-electron chi connectivity index (χ2n) is 3.30. The summed E-state index contributed by atoms with van der Waals surface area (Å²) in [5.41, 5.74) is 8.21. The Balaban J connectivity index is 3.32. The predicted molar refractivity (Wildman–Crippen MR) is 49.3 cm³/mol. The monoisotopic (exact) mass is 173 g/mol. The average Bonchev–Trinajstić information content (AvgIpc) is 1.84. The summed E-state index contributed by atoms with van der Waals surface area (Å²) < 4.78 is 0. The highest BCUT2D eigenvalue weighted by Gasteiger charge is 2.02. The SMILES string of the molecule is CC(N)CCCC(=O)NN(C)C. The van der Waals surface area contributed by atoms with Gasteiger partial charge in [-0.2, -0.15) is 0 Å². The average molecular weight is 173 g/mol. The first-order chi connectivity index (χ1) is 5.52. The molecule has 0 aliphatic heterocycles. The zero-order chi connectivity index (χ0) is 9.56. The molecule has 0 bridgehead atoms. The molecule has 0 aliphatic rings. The van der Waals surface area contributed by atoms with Crippen LogP contribution in [0.5, 0.6) is 0 Å². The van der Waals surface area contributed by atoms with Gasteiger partial charge in [0, 0.05) is 26.6 Å². The van der Waals surface area contributed by atoms with E-state index in [-0.39, 0.29) is 11.9 Å². The van der Waals surface area contributed by atoms with Crippen LogP contribution in [0.1, 0.15) is 26.2 Å². The van der Waals surface area contributed by atoms with Crippen LogP contribution in [0.2, 0.25) is 0 Å². The molecular weight excluding hydrogens is 154 g/mol. The Morgan fingerprint density at radius 1 is 1.58 bits per heavy atom. The fraction of sp³-hybridized carbons (Fsp3) is 0.875. The molecule has 3 N–H and O–H groups in total. The first-order valence-corrected chi connectivity index (χ1v) is 4.24. The molecular formula is C8H19N3O. The highest BCUT2D eigenvalue weighted by molar-refractivity contribution is 5.75. The minimum Gasteiger partial charge on any atom is -0.328 e. The van der Waals surface area contributed by atoms with Gasteiger partial charge in [-0.25, -0.2) is 5.01 Å². The van der Waals surface area contributed by atoms with Gasteiger partial charge in [0.05, 0.1) is 0 Å². The molecule has 0 aliphatic carbocycles. The highest BCUT2D eigenvalue weighted by Crippen LogP contribution is 1.97. The van der Waals surface area contributed by atoms with Crippen molar-refractivity contribution in [2.45, 2.75) is 32.2 Å². The van der Waals surface area contributed by atoms with Gasteiger partial charge < -0.3 is 5.73 Å². The van der Waals surface area contributed by atoms with Crippen molar-refractivity contribution in [3.8, 4) is 0 Å². The molecule has 0 aromatic carbocycles. The molecule has 0 aromatic rings. The minimum atomic E-state index is 0.0562. The van der Waals surface area contributed by atoms with E-state index in [2.05, 4.69) is 5.43 Å². The van der Waals surface area contributed by atoms with Crippen molar-refractivity contribution in [2.75, 3.05) is 14.1 Å². The van der Waals surface area contributed by atoms with E-state index in [9.17, 15) is 4.79 Å². The first-order valence-electron chi connectivity index (χ1n) is 4.24. The summed E-state index contributed by atoms with van der Waals surface area (Å²) in [5.74, 6) is 0.0562. The van der Waals surface area contributed by atoms with E-state index < -0.39 is 0 Å². The summed E-state index contributed by atoms with van der Waals surface area (Å²) in [6.45, 7) is 1.95. The number of rotatable bonds is 5. The van der Waals surface area contributed by atoms with Crippen molar-refractivity contribution in [3.05, 3.63) is 0 Å². The van der Waals surface area contributed by atoms with Crippen molar-refractivity contribution in [2.24, 2.45) is 5.73 Å². The Bertz CT molecular complexity index is 134. The first kappa shape index (κ1) is 11.4. The number of carbonyl (C=O) groups is 1. The van der Waals surface area contributed by atoms with Crippen LogP contribution in [0, 0.1) is 0 Å². The third kappa shape index (κ3) is 7.50. The molecule has 0 saturated carbocycles. The maximum Gasteiger partial charge on any atom is 0.234 e. The van der Waals surface area contributed by atoms with Crippen LogP contribution in [0.4, 0.5) is 0 Å². The maximum atomic E-state index is 11.0. The van der Waals surface area contributed by atoms with Crippen molar-refractivity contribution >= 4 is 5.91 Å². The number of nitrogens with zero attached hydrogens (tertiary/aromatic N) is 1. The van der Waals surface area contributed by atoms with E-state index in [4.69, 9.17) is 5.73 Å². The van der Waals surface area contributed by atoms with Gasteiger partial charge in [0.2, 0.25) is 5.91 Å². The number of hydrogen-bond donors (Lipinski definition) is 2. The molecule has 0 fully saturated rings. The van der Waals surface area contributed by atoms with Gasteiger partial charge in [-0.15, -0.1) is 0 Å². The van der Waals surface area contributed by atoms with Crippen LogP contribution in [-0.2, 0) is 4.79 Å². The molecule has 1 atom stereocenters. The highest BCUT2D eigenvalue weighted by atomic mass is 16.2. The lowest BCUT2D eigenvalue weighted by molar-refractivity contribution is -0.124. The van der Waals surface area contributed by atoms with Crippen LogP contribution in [0.3, 0.4) is 0 Å². The summed E-state index contributed by atoms with van der Waals surface area (Å²) >= 11 is 0. The summed E-state index contributed by atoms with van der Waals surface area (Å²) in [6.07, 6.45) is 2.32. The lowest BCUT2D eigenvalue weighted by atomic mass is 10.1. The fourth-order valence-electron chi connectivity index (χ4n) is 0.890. The van der Waals surface area contributed by atoms with Gasteiger partial charge in [-0.3, -0.25) is 10.2 Å². The number of hydrazine groups is 1. The van der Waals surface area contributed by atoms with Gasteiger partial charge >= 0.3 is 0 Å². The van der Waals surface area contributed by atoms with Gasteiger partial charge in [-0.1, -0.05) is 0 Å². The quantitative estimate of drug-likeness (QED) is 0.580. The van der Waals surface area contributed by atoms with Crippen LogP contribution in [0.15, 0.2) is 0 Å². The molecule has 4 heteroatoms. The van der Waals surface area contributed by atoms with Crippen LogP contribution < -0.4 is 11.2 Å². The van der Waals surface area contributed by atoms with Gasteiger partial charge in [0.1, 0.15) is 0 Å². The smallest absolute Gasteiger partial charge is 0.234 e. The second kappa shape index (κ2) is 5.97. The molecule has 1 amide bonds. The van der Waals surface area contributed by atoms with Gasteiger partial charge in [0.25, 0.3) is 0 Å².